The molecule has 2 aromatic carbocycles. The molecular formula is C21H25NO7. The molecule has 29 heavy (non-hydrogen) atoms. The Hall–Kier alpha value is -2.94. The Kier molecular flexibility index (Phi) is 9.10. The van der Waals surface area contributed by atoms with Gasteiger partial charge in [0.25, 0.3) is 5.91 Å². The van der Waals surface area contributed by atoms with Crippen molar-refractivity contribution < 1.29 is 34.0 Å². The monoisotopic (exact) mass is 403 g/mol. The number of benzene rings is 2. The van der Waals surface area contributed by atoms with Gasteiger partial charge in [0.2, 0.25) is 0 Å². The molecule has 0 spiro atoms. The van der Waals surface area contributed by atoms with Crippen molar-refractivity contribution in [1.82, 2.24) is 5.32 Å². The first-order valence-corrected chi connectivity index (χ1v) is 9.13. The van der Waals surface area contributed by atoms with Crippen LogP contribution in [-0.4, -0.2) is 55.2 Å². The number of imide groups is 1. The summed E-state index contributed by atoms with van der Waals surface area (Å²) < 4.78 is 16.2. The highest BCUT2D eigenvalue weighted by Gasteiger charge is 2.27. The van der Waals surface area contributed by atoms with Crippen LogP contribution in [-0.2, 0) is 9.47 Å². The molecule has 156 valence electrons. The molecule has 0 aliphatic heterocycles. The Bertz CT molecular complexity index is 764. The normalized spacial score (nSPS) is 12.7. The molecular weight excluding hydrogens is 378 g/mol. The summed E-state index contributed by atoms with van der Waals surface area (Å²) in [5.74, 6) is -0.0420. The second-order valence-corrected chi connectivity index (χ2v) is 6.07. The Morgan fingerprint density at radius 2 is 1.69 bits per heavy atom. The average Bonchev–Trinajstić information content (AvgIpc) is 2.75. The van der Waals surface area contributed by atoms with Gasteiger partial charge in [0.15, 0.2) is 6.10 Å². The maximum atomic E-state index is 12.3. The van der Waals surface area contributed by atoms with Gasteiger partial charge in [-0.15, -0.1) is 0 Å². The van der Waals surface area contributed by atoms with E-state index in [1.54, 1.807) is 54.6 Å². The van der Waals surface area contributed by atoms with Crippen LogP contribution in [0, 0.1) is 0 Å². The number of nitrogens with one attached hydrogen (secondary N) is 1. The number of aliphatic hydroxyl groups excluding tert-OH is 2. The van der Waals surface area contributed by atoms with E-state index in [2.05, 4.69) is 5.32 Å². The highest BCUT2D eigenvalue weighted by Crippen LogP contribution is 2.27. The number of carbonyl (C=O) groups is 2. The number of ether oxygens (including phenoxy) is 3. The Morgan fingerprint density at radius 3 is 2.28 bits per heavy atom. The van der Waals surface area contributed by atoms with Crippen molar-refractivity contribution in [3.05, 3.63) is 65.7 Å². The van der Waals surface area contributed by atoms with Crippen molar-refractivity contribution in [2.24, 2.45) is 0 Å². The summed E-state index contributed by atoms with van der Waals surface area (Å²) in [6.45, 7) is -0.111. The number of alkyl carbamates (subject to hydrolysis) is 1. The van der Waals surface area contributed by atoms with E-state index >= 15 is 0 Å². The third-order valence-corrected chi connectivity index (χ3v) is 4.11. The highest BCUT2D eigenvalue weighted by atomic mass is 16.6. The van der Waals surface area contributed by atoms with Crippen molar-refractivity contribution in [2.45, 2.75) is 18.6 Å². The van der Waals surface area contributed by atoms with E-state index in [0.29, 0.717) is 16.9 Å². The topological polar surface area (TPSA) is 114 Å². The van der Waals surface area contributed by atoms with Crippen LogP contribution in [0.1, 0.15) is 28.4 Å². The molecule has 0 aliphatic carbocycles. The van der Waals surface area contributed by atoms with Crippen molar-refractivity contribution in [1.29, 1.82) is 0 Å². The van der Waals surface area contributed by atoms with E-state index in [1.807, 2.05) is 0 Å². The molecule has 0 saturated carbocycles. The molecule has 8 nitrogen and oxygen atoms in total. The fraction of sp³-hybridized carbons (Fsp3) is 0.333. The molecule has 0 saturated heterocycles. The Labute approximate surface area is 169 Å². The van der Waals surface area contributed by atoms with Gasteiger partial charge in [-0.05, 0) is 29.8 Å². The molecule has 0 aliphatic rings. The van der Waals surface area contributed by atoms with Gasteiger partial charge >= 0.3 is 6.09 Å². The van der Waals surface area contributed by atoms with Crippen LogP contribution in [0.15, 0.2) is 54.6 Å². The van der Waals surface area contributed by atoms with Crippen LogP contribution >= 0.6 is 0 Å². The number of carbonyl (C=O) groups excluding carboxylic acids is 2. The van der Waals surface area contributed by atoms with E-state index in [4.69, 9.17) is 19.3 Å². The fourth-order valence-corrected chi connectivity index (χ4v) is 2.70. The van der Waals surface area contributed by atoms with E-state index in [0.717, 1.165) is 0 Å². The third kappa shape index (κ3) is 6.86. The molecule has 2 aromatic rings. The SMILES string of the molecule is CO[C@@H](CCO)[C@@H](OC(=O)NC(=O)c1ccccc1)c1ccc(OCCO)cc1. The summed E-state index contributed by atoms with van der Waals surface area (Å²) >= 11 is 0. The van der Waals surface area contributed by atoms with Crippen LogP contribution < -0.4 is 10.1 Å². The molecule has 0 aromatic heterocycles. The van der Waals surface area contributed by atoms with E-state index in [9.17, 15) is 14.7 Å². The third-order valence-electron chi connectivity index (χ3n) is 4.11. The molecule has 0 radical (unpaired) electrons. The van der Waals surface area contributed by atoms with Crippen LogP contribution in [0.25, 0.3) is 0 Å². The largest absolute Gasteiger partial charge is 0.491 e. The van der Waals surface area contributed by atoms with Crippen LogP contribution in [0.3, 0.4) is 0 Å². The van der Waals surface area contributed by atoms with Crippen LogP contribution in [0.4, 0.5) is 4.79 Å². The molecule has 0 bridgehead atoms. The van der Waals surface area contributed by atoms with Crippen molar-refractivity contribution in [2.75, 3.05) is 26.9 Å². The number of hydrogen-bond acceptors (Lipinski definition) is 7. The van der Waals surface area contributed by atoms with Gasteiger partial charge in [-0.2, -0.15) is 0 Å². The Morgan fingerprint density at radius 1 is 1.00 bits per heavy atom. The zero-order valence-electron chi connectivity index (χ0n) is 16.1. The minimum Gasteiger partial charge on any atom is -0.491 e. The van der Waals surface area contributed by atoms with Crippen molar-refractivity contribution in [3.63, 3.8) is 0 Å². The zero-order valence-corrected chi connectivity index (χ0v) is 16.1. The molecule has 8 heteroatoms. The van der Waals surface area contributed by atoms with Gasteiger partial charge in [-0.1, -0.05) is 30.3 Å². The lowest BCUT2D eigenvalue weighted by atomic mass is 10.0. The molecule has 2 amide bonds. The van der Waals surface area contributed by atoms with E-state index in [1.165, 1.54) is 7.11 Å². The van der Waals surface area contributed by atoms with Gasteiger partial charge in [0.05, 0.1) is 6.61 Å². The number of rotatable bonds is 10. The number of hydrogen-bond donors (Lipinski definition) is 3. The second-order valence-electron chi connectivity index (χ2n) is 6.07. The van der Waals surface area contributed by atoms with Crippen molar-refractivity contribution in [3.8, 4) is 5.75 Å². The standard InChI is InChI=1S/C21H25NO7/c1-27-18(11-12-23)19(15-7-9-17(10-8-15)28-14-13-24)29-21(26)22-20(25)16-5-3-2-4-6-16/h2-10,18-19,23-24H,11-14H2,1H3,(H,22,25,26)/t18-,19-/m0/s1. The molecule has 3 N–H and O–H groups in total. The lowest BCUT2D eigenvalue weighted by Crippen LogP contribution is -2.35. The van der Waals surface area contributed by atoms with Gasteiger partial charge < -0.3 is 24.4 Å². The summed E-state index contributed by atoms with van der Waals surface area (Å²) in [4.78, 5) is 24.5. The number of aliphatic hydroxyl groups is 2. The molecule has 2 rings (SSSR count). The van der Waals surface area contributed by atoms with Gasteiger partial charge in [0, 0.05) is 25.7 Å². The zero-order chi connectivity index (χ0) is 21.1. The summed E-state index contributed by atoms with van der Waals surface area (Å²) in [6, 6.07) is 15.0. The van der Waals surface area contributed by atoms with Gasteiger partial charge in [0.1, 0.15) is 18.5 Å². The minimum absolute atomic E-state index is 0.106. The highest BCUT2D eigenvalue weighted by molar-refractivity contribution is 6.02. The van der Waals surface area contributed by atoms with Crippen LogP contribution in [0.5, 0.6) is 5.75 Å². The molecule has 0 heterocycles. The average molecular weight is 403 g/mol. The second kappa shape index (κ2) is 11.8. The number of methoxy groups -OCH3 is 1. The molecule has 0 fully saturated rings. The van der Waals surface area contributed by atoms with Gasteiger partial charge in [-0.25, -0.2) is 4.79 Å². The number of amides is 2. The first-order chi connectivity index (χ1) is 14.1. The summed E-state index contributed by atoms with van der Waals surface area (Å²) in [7, 11) is 1.45. The predicted molar refractivity (Wildman–Crippen MR) is 105 cm³/mol. The first-order valence-electron chi connectivity index (χ1n) is 9.13. The fourth-order valence-electron chi connectivity index (χ4n) is 2.70. The lowest BCUT2D eigenvalue weighted by Gasteiger charge is -2.26. The van der Waals surface area contributed by atoms with E-state index < -0.39 is 24.2 Å². The summed E-state index contributed by atoms with van der Waals surface area (Å²) in [5.41, 5.74) is 0.925. The maximum Gasteiger partial charge on any atom is 0.414 e. The first kappa shape index (κ1) is 22.4. The maximum absolute atomic E-state index is 12.3. The summed E-state index contributed by atoms with van der Waals surface area (Å²) in [6.07, 6.45) is -2.18. The van der Waals surface area contributed by atoms with Gasteiger partial charge in [-0.3, -0.25) is 10.1 Å². The van der Waals surface area contributed by atoms with E-state index in [-0.39, 0.29) is 26.2 Å². The molecule has 0 unspecified atom stereocenters. The summed E-state index contributed by atoms with van der Waals surface area (Å²) in [5, 5.41) is 20.3. The predicted octanol–water partition coefficient (Wildman–Crippen LogP) is 2.06. The van der Waals surface area contributed by atoms with Crippen LogP contribution in [0.2, 0.25) is 0 Å². The quantitative estimate of drug-likeness (QED) is 0.556. The molecule has 2 atom stereocenters. The lowest BCUT2D eigenvalue weighted by molar-refractivity contribution is -0.0337. The Balaban J connectivity index is 2.13. The smallest absolute Gasteiger partial charge is 0.414 e. The van der Waals surface area contributed by atoms with Crippen molar-refractivity contribution >= 4 is 12.0 Å². The minimum atomic E-state index is -0.926.